The maximum Gasteiger partial charge on any atom is 0.252 e. The van der Waals surface area contributed by atoms with Crippen molar-refractivity contribution in [3.8, 4) is 67.0 Å². The molecule has 0 unspecified atom stereocenters. The van der Waals surface area contributed by atoms with Gasteiger partial charge in [0.1, 0.15) is 0 Å². The highest BCUT2D eigenvalue weighted by molar-refractivity contribution is 7.00. The van der Waals surface area contributed by atoms with Gasteiger partial charge >= 0.3 is 0 Å². The van der Waals surface area contributed by atoms with Crippen molar-refractivity contribution in [2.75, 3.05) is 9.80 Å². The Kier molecular flexibility index (Phi) is 16.7. The van der Waals surface area contributed by atoms with Crippen LogP contribution in [0.15, 0.2) is 322 Å². The lowest BCUT2D eigenvalue weighted by atomic mass is 9.33. The normalized spacial score (nSPS) is 13.6. The molecule has 24 rings (SSSR count). The molecule has 2 aliphatic rings. The minimum atomic E-state index is -0.333. The third-order valence-corrected chi connectivity index (χ3v) is 29.4. The van der Waals surface area contributed by atoms with Gasteiger partial charge in [-0.25, -0.2) is 0 Å². The Labute approximate surface area is 758 Å². The van der Waals surface area contributed by atoms with Gasteiger partial charge in [0.05, 0.1) is 33.4 Å². The van der Waals surface area contributed by atoms with Crippen molar-refractivity contribution < 1.29 is 0 Å². The molecule has 0 fully saturated rings. The van der Waals surface area contributed by atoms with Crippen molar-refractivity contribution in [2.24, 2.45) is 0 Å². The number of rotatable bonds is 9. The van der Waals surface area contributed by atoms with E-state index in [1.807, 2.05) is 0 Å². The van der Waals surface area contributed by atoms with Crippen LogP contribution in [0.5, 0.6) is 0 Å². The first-order valence-corrected chi connectivity index (χ1v) is 46.6. The second-order valence-corrected chi connectivity index (χ2v) is 43.7. The number of hydrogen-bond donors (Lipinski definition) is 0. The predicted molar refractivity (Wildman–Crippen MR) is 558 cm³/mol. The van der Waals surface area contributed by atoms with Crippen molar-refractivity contribution in [2.45, 2.75) is 157 Å². The van der Waals surface area contributed by atoms with E-state index in [-0.39, 0.29) is 39.2 Å². The van der Waals surface area contributed by atoms with Crippen LogP contribution in [0.4, 0.5) is 34.1 Å². The highest BCUT2D eigenvalue weighted by atomic mass is 15.2. The Hall–Kier alpha value is -13.7. The maximum absolute atomic E-state index is 2.82. The van der Waals surface area contributed by atoms with Crippen molar-refractivity contribution in [3.63, 3.8) is 0 Å². The van der Waals surface area contributed by atoms with E-state index in [1.54, 1.807) is 0 Å². The van der Waals surface area contributed by atoms with E-state index in [0.29, 0.717) is 0 Å². The third kappa shape index (κ3) is 11.9. The SMILES string of the molecule is CC(C)(C)c1cccc(-c2cc(C(C)(C)C)cc(-c3cccc(C(C)(C)C)c3)c2N2c3cc(-n4c5ccc6cccc7c8cccc9ccc4c(c98)c5c67)ccc3B3c4ccc(-n5c6ccc7cccc8c9cccc%10ccc5c(c%109)c6c78)cc4N(c4c(-c5cccc(C(C)(C)C)c5)cc(C(C)(C)C)cc4-c4cccc(C(C)(C)C)c4)c4cc(-c5ccccc5)cc2c43)c1. The molecule has 0 amide bonds. The van der Waals surface area contributed by atoms with Gasteiger partial charge in [0.2, 0.25) is 0 Å². The Bertz CT molecular complexity index is 7600. The Morgan fingerprint density at radius 3 is 0.767 bits per heavy atom. The molecule has 0 radical (unpaired) electrons. The van der Waals surface area contributed by atoms with Crippen molar-refractivity contribution >= 4 is 165 Å². The number of fused-ring (bicyclic) bond motifs is 6. The van der Waals surface area contributed by atoms with E-state index < -0.39 is 0 Å². The molecule has 22 aromatic rings. The van der Waals surface area contributed by atoms with Gasteiger partial charge in [0.25, 0.3) is 6.71 Å². The molecule has 0 saturated heterocycles. The monoisotopic (exact) mass is 1660 g/mol. The van der Waals surface area contributed by atoms with Crippen LogP contribution in [0, 0.1) is 0 Å². The number of anilines is 6. The molecule has 129 heavy (non-hydrogen) atoms. The lowest BCUT2D eigenvalue weighted by Gasteiger charge is -2.46. The van der Waals surface area contributed by atoms with E-state index in [4.69, 9.17) is 0 Å². The van der Waals surface area contributed by atoms with Gasteiger partial charge in [-0.3, -0.25) is 0 Å². The molecule has 0 spiro atoms. The average Bonchev–Trinajstić information content (AvgIpc) is 1.63. The van der Waals surface area contributed by atoms with E-state index >= 15 is 0 Å². The van der Waals surface area contributed by atoms with Crippen LogP contribution < -0.4 is 26.2 Å². The minimum absolute atomic E-state index is 0.166. The first kappa shape index (κ1) is 78.7. The summed E-state index contributed by atoms with van der Waals surface area (Å²) in [6, 6.07) is 128. The van der Waals surface area contributed by atoms with E-state index in [9.17, 15) is 0 Å². The molecule has 0 atom stereocenters. The topological polar surface area (TPSA) is 16.3 Å². The Morgan fingerprint density at radius 1 is 0.202 bits per heavy atom. The average molecular weight is 1660 g/mol. The minimum Gasteiger partial charge on any atom is -0.310 e. The lowest BCUT2D eigenvalue weighted by Crippen LogP contribution is -2.61. The van der Waals surface area contributed by atoms with Crippen LogP contribution >= 0.6 is 0 Å². The summed E-state index contributed by atoms with van der Waals surface area (Å²) in [5, 5.41) is 20.7. The molecule has 2 aliphatic heterocycles. The zero-order chi connectivity index (χ0) is 88.5. The molecule has 0 aliphatic carbocycles. The van der Waals surface area contributed by atoms with Gasteiger partial charge in [-0.05, 0) is 265 Å². The number of aromatic nitrogens is 2. The zero-order valence-corrected chi connectivity index (χ0v) is 77.5. The largest absolute Gasteiger partial charge is 0.310 e. The molecule has 4 heterocycles. The molecular weight excluding hydrogens is 1560 g/mol. The predicted octanol–water partition coefficient (Wildman–Crippen LogP) is 32.8. The van der Waals surface area contributed by atoms with Crippen LogP contribution in [0.25, 0.3) is 175 Å². The van der Waals surface area contributed by atoms with Gasteiger partial charge in [0, 0.05) is 77.9 Å². The summed E-state index contributed by atoms with van der Waals surface area (Å²) in [7, 11) is 0. The summed E-state index contributed by atoms with van der Waals surface area (Å²) >= 11 is 0. The third-order valence-electron chi connectivity index (χ3n) is 29.4. The van der Waals surface area contributed by atoms with Crippen molar-refractivity contribution in [1.82, 2.24) is 9.13 Å². The fraction of sp³-hybridized carbons (Fsp3) is 0.194. The highest BCUT2D eigenvalue weighted by Crippen LogP contribution is 2.59. The summed E-state index contributed by atoms with van der Waals surface area (Å²) in [5.41, 5.74) is 35.5. The molecule has 5 heteroatoms. The summed E-state index contributed by atoms with van der Waals surface area (Å²) < 4.78 is 5.26. The molecule has 0 bridgehead atoms. The van der Waals surface area contributed by atoms with Crippen LogP contribution in [-0.2, 0) is 32.5 Å². The lowest BCUT2D eigenvalue weighted by molar-refractivity contribution is 0.589. The highest BCUT2D eigenvalue weighted by Gasteiger charge is 2.47. The second kappa shape index (κ2) is 27.4. The Morgan fingerprint density at radius 2 is 0.481 bits per heavy atom. The van der Waals surface area contributed by atoms with E-state index in [2.05, 4.69) is 465 Å². The fourth-order valence-electron chi connectivity index (χ4n) is 22.6. The summed E-state index contributed by atoms with van der Waals surface area (Å²) in [6.07, 6.45) is 0. The second-order valence-electron chi connectivity index (χ2n) is 43.7. The smallest absolute Gasteiger partial charge is 0.252 e. The molecule has 4 nitrogen and oxygen atoms in total. The molecule has 0 saturated carbocycles. The van der Waals surface area contributed by atoms with Gasteiger partial charge in [0.15, 0.2) is 0 Å². The molecule has 0 N–H and O–H groups in total. The molecule has 626 valence electrons. The molecule has 2 aromatic heterocycles. The number of nitrogens with zero attached hydrogens (tertiary/aromatic N) is 4. The zero-order valence-electron chi connectivity index (χ0n) is 77.5. The van der Waals surface area contributed by atoms with Gasteiger partial charge in [-0.2, -0.15) is 0 Å². The maximum atomic E-state index is 2.82. The van der Waals surface area contributed by atoms with Crippen LogP contribution in [0.3, 0.4) is 0 Å². The standard InChI is InChI=1S/C124H107BN4/c1-119(2,3)82-40-22-36-77(60-82)94-66-86(123(13,14)15)67-95(78-37-23-41-83(61-78)120(4,5)6)117(94)128-104-70-88(126-100-56-48-73-32-26-44-90-91-45-27-33-74-49-57-101(126)113(109(74)91)112(100)108(73)90)52-54-98(104)125-99-55-53-89(127-102-58-50-75-34-28-46-92-93-47-29-35-76-51-59-103(127)115(111(76)93)114(102)110(75)92)71-105(99)129(107-65-81(64-106(128)116(107)125)72-30-20-19-21-31-72)118-96(79-38-24-42-84(62-79)121(7,8)9)68-87(124(16,17)18)69-97(118)80-39-25-43-85(63-80)122(10,11)12/h19-71H,1-18H3. The fourth-order valence-corrected chi connectivity index (χ4v) is 22.6. The summed E-state index contributed by atoms with van der Waals surface area (Å²) in [6.45, 7) is 42.5. The van der Waals surface area contributed by atoms with Gasteiger partial charge < -0.3 is 18.9 Å². The molecular formula is C124H107BN4. The first-order valence-electron chi connectivity index (χ1n) is 46.6. The van der Waals surface area contributed by atoms with Crippen molar-refractivity contribution in [3.05, 3.63) is 355 Å². The Balaban J connectivity index is 0.903. The summed E-state index contributed by atoms with van der Waals surface area (Å²) in [4.78, 5) is 5.63. The van der Waals surface area contributed by atoms with Crippen LogP contribution in [-0.4, -0.2) is 15.8 Å². The van der Waals surface area contributed by atoms with Crippen LogP contribution in [0.2, 0.25) is 0 Å². The quantitative estimate of drug-likeness (QED) is 0.0813. The van der Waals surface area contributed by atoms with Gasteiger partial charge in [-0.15, -0.1) is 0 Å². The van der Waals surface area contributed by atoms with Gasteiger partial charge in [-0.1, -0.05) is 361 Å². The van der Waals surface area contributed by atoms with Crippen molar-refractivity contribution in [1.29, 1.82) is 0 Å². The first-order chi connectivity index (χ1) is 61.8. The van der Waals surface area contributed by atoms with E-state index in [0.717, 1.165) is 56.6 Å². The number of hydrogen-bond acceptors (Lipinski definition) is 2. The number of benzene rings is 20. The molecule has 20 aromatic carbocycles. The van der Waals surface area contributed by atoms with Crippen LogP contribution in [0.1, 0.15) is 158 Å². The van der Waals surface area contributed by atoms with E-state index in [1.165, 1.54) is 203 Å². The summed E-state index contributed by atoms with van der Waals surface area (Å²) in [5.74, 6) is 0.